The Morgan fingerprint density at radius 1 is 1.29 bits per heavy atom. The predicted octanol–water partition coefficient (Wildman–Crippen LogP) is 3.74. The molecule has 0 heterocycles. The summed E-state index contributed by atoms with van der Waals surface area (Å²) >= 11 is 0. The van der Waals surface area contributed by atoms with E-state index in [9.17, 15) is 13.6 Å². The van der Waals surface area contributed by atoms with Crippen molar-refractivity contribution in [1.29, 1.82) is 0 Å². The monoisotopic (exact) mass is 236 g/mol. The smallest absolute Gasteiger partial charge is 0.164 e. The topological polar surface area (TPSA) is 17.1 Å². The summed E-state index contributed by atoms with van der Waals surface area (Å²) in [5.74, 6) is -1.18. The van der Waals surface area contributed by atoms with Gasteiger partial charge >= 0.3 is 0 Å². The van der Waals surface area contributed by atoms with Crippen LogP contribution in [-0.4, -0.2) is 5.78 Å². The fraction of sp³-hybridized carbons (Fsp3) is 0.357. The van der Waals surface area contributed by atoms with Gasteiger partial charge in [-0.1, -0.05) is 13.8 Å². The van der Waals surface area contributed by atoms with E-state index in [0.717, 1.165) is 12.5 Å². The molecule has 1 aromatic rings. The number of ketones is 1. The highest BCUT2D eigenvalue weighted by molar-refractivity contribution is 6.05. The Labute approximate surface area is 99.1 Å². The lowest BCUT2D eigenvalue weighted by Crippen LogP contribution is -2.17. The first-order valence-corrected chi connectivity index (χ1v) is 5.60. The molecule has 0 bridgehead atoms. The Hall–Kier alpha value is -1.51. The minimum absolute atomic E-state index is 0.0567. The van der Waals surface area contributed by atoms with E-state index in [0.29, 0.717) is 12.0 Å². The molecule has 1 fully saturated rings. The Morgan fingerprint density at radius 2 is 2.00 bits per heavy atom. The molecular formula is C14H14F2O. The van der Waals surface area contributed by atoms with Gasteiger partial charge in [-0.05, 0) is 36.6 Å². The molecule has 0 unspecified atom stereocenters. The first-order chi connectivity index (χ1) is 7.90. The van der Waals surface area contributed by atoms with E-state index in [1.807, 2.05) is 13.8 Å². The maximum Gasteiger partial charge on any atom is 0.164 e. The van der Waals surface area contributed by atoms with E-state index >= 15 is 0 Å². The Bertz CT molecular complexity index is 501. The zero-order chi connectivity index (χ0) is 12.6. The third-order valence-corrected chi connectivity index (χ3v) is 3.22. The summed E-state index contributed by atoms with van der Waals surface area (Å²) in [4.78, 5) is 11.9. The maximum atomic E-state index is 13.4. The van der Waals surface area contributed by atoms with Crippen molar-refractivity contribution in [3.8, 4) is 0 Å². The molecule has 0 spiro atoms. The van der Waals surface area contributed by atoms with Gasteiger partial charge in [0.15, 0.2) is 5.78 Å². The van der Waals surface area contributed by atoms with E-state index < -0.39 is 11.6 Å². The predicted molar refractivity (Wildman–Crippen MR) is 62.4 cm³/mol. The third kappa shape index (κ3) is 2.28. The van der Waals surface area contributed by atoms with Gasteiger partial charge in [0, 0.05) is 17.0 Å². The second kappa shape index (κ2) is 4.06. The van der Waals surface area contributed by atoms with Crippen LogP contribution in [0.25, 0.3) is 6.08 Å². The Balaban J connectivity index is 2.35. The summed E-state index contributed by atoms with van der Waals surface area (Å²) < 4.78 is 26.2. The van der Waals surface area contributed by atoms with Gasteiger partial charge in [-0.3, -0.25) is 4.79 Å². The second-order valence-corrected chi connectivity index (χ2v) is 5.05. The van der Waals surface area contributed by atoms with Crippen molar-refractivity contribution in [3.05, 3.63) is 41.0 Å². The van der Waals surface area contributed by atoms with E-state index in [4.69, 9.17) is 0 Å². The maximum absolute atomic E-state index is 13.4. The lowest BCUT2D eigenvalue weighted by atomic mass is 9.90. The van der Waals surface area contributed by atoms with Gasteiger partial charge in [0.2, 0.25) is 0 Å². The zero-order valence-corrected chi connectivity index (χ0v) is 9.89. The van der Waals surface area contributed by atoms with Gasteiger partial charge in [0.1, 0.15) is 11.6 Å². The van der Waals surface area contributed by atoms with Crippen molar-refractivity contribution in [1.82, 2.24) is 0 Å². The number of rotatable bonds is 1. The Morgan fingerprint density at radius 3 is 2.53 bits per heavy atom. The molecule has 1 aromatic carbocycles. The molecule has 0 aromatic heterocycles. The summed E-state index contributed by atoms with van der Waals surface area (Å²) in [6, 6.07) is 3.38. The zero-order valence-electron chi connectivity index (χ0n) is 9.89. The lowest BCUT2D eigenvalue weighted by molar-refractivity contribution is -0.121. The molecule has 17 heavy (non-hydrogen) atoms. The standard InChI is InChI=1S/C14H14F2O/c1-14(2)6-5-10(13(14)17)7-9-3-4-11(15)8-12(9)16/h3-4,7-8H,5-6H2,1-2H3/b10-7+. The van der Waals surface area contributed by atoms with Crippen LogP contribution in [0.5, 0.6) is 0 Å². The normalized spacial score (nSPS) is 21.2. The number of benzene rings is 1. The van der Waals surface area contributed by atoms with Gasteiger partial charge in [-0.15, -0.1) is 0 Å². The third-order valence-electron chi connectivity index (χ3n) is 3.22. The van der Waals surface area contributed by atoms with Crippen molar-refractivity contribution in [2.45, 2.75) is 26.7 Å². The number of halogens is 2. The second-order valence-electron chi connectivity index (χ2n) is 5.05. The van der Waals surface area contributed by atoms with Gasteiger partial charge in [-0.25, -0.2) is 8.78 Å². The minimum atomic E-state index is -0.630. The fourth-order valence-electron chi connectivity index (χ4n) is 2.05. The molecule has 90 valence electrons. The average Bonchev–Trinajstić information content (AvgIpc) is 2.49. The average molecular weight is 236 g/mol. The van der Waals surface area contributed by atoms with Crippen LogP contribution < -0.4 is 0 Å². The highest BCUT2D eigenvalue weighted by Crippen LogP contribution is 2.38. The summed E-state index contributed by atoms with van der Waals surface area (Å²) in [7, 11) is 0. The van der Waals surface area contributed by atoms with Crippen molar-refractivity contribution in [2.75, 3.05) is 0 Å². The molecule has 1 aliphatic rings. The van der Waals surface area contributed by atoms with Crippen LogP contribution >= 0.6 is 0 Å². The molecule has 1 aliphatic carbocycles. The highest BCUT2D eigenvalue weighted by Gasteiger charge is 2.36. The molecule has 0 N–H and O–H groups in total. The van der Waals surface area contributed by atoms with E-state index in [1.165, 1.54) is 18.2 Å². The molecule has 0 atom stereocenters. The number of allylic oxidation sites excluding steroid dienone is 1. The quantitative estimate of drug-likeness (QED) is 0.679. The van der Waals surface area contributed by atoms with Crippen LogP contribution in [-0.2, 0) is 4.79 Å². The summed E-state index contributed by atoms with van der Waals surface area (Å²) in [6.45, 7) is 3.77. The molecule has 0 amide bonds. The molecule has 1 saturated carbocycles. The fourth-order valence-corrected chi connectivity index (χ4v) is 2.05. The van der Waals surface area contributed by atoms with Crippen LogP contribution in [0.1, 0.15) is 32.3 Å². The molecule has 2 rings (SSSR count). The number of carbonyl (C=O) groups is 1. The number of Topliss-reactive ketones (excluding diaryl/α,β-unsaturated/α-hetero) is 1. The Kier molecular flexibility index (Phi) is 2.86. The molecular weight excluding hydrogens is 222 g/mol. The lowest BCUT2D eigenvalue weighted by Gasteiger charge is -2.12. The molecule has 0 radical (unpaired) electrons. The van der Waals surface area contributed by atoms with E-state index in [2.05, 4.69) is 0 Å². The van der Waals surface area contributed by atoms with Crippen LogP contribution in [0.4, 0.5) is 8.78 Å². The van der Waals surface area contributed by atoms with Crippen molar-refractivity contribution in [3.63, 3.8) is 0 Å². The van der Waals surface area contributed by atoms with Crippen molar-refractivity contribution >= 4 is 11.9 Å². The van der Waals surface area contributed by atoms with Crippen molar-refractivity contribution in [2.24, 2.45) is 5.41 Å². The molecule has 0 saturated heterocycles. The van der Waals surface area contributed by atoms with Gasteiger partial charge < -0.3 is 0 Å². The molecule has 3 heteroatoms. The summed E-state index contributed by atoms with van der Waals surface area (Å²) in [6.07, 6.45) is 2.97. The number of hydrogen-bond acceptors (Lipinski definition) is 1. The summed E-state index contributed by atoms with van der Waals surface area (Å²) in [5, 5.41) is 0. The molecule has 1 nitrogen and oxygen atoms in total. The van der Waals surface area contributed by atoms with Crippen LogP contribution in [0.2, 0.25) is 0 Å². The van der Waals surface area contributed by atoms with Gasteiger partial charge in [-0.2, -0.15) is 0 Å². The minimum Gasteiger partial charge on any atom is -0.294 e. The van der Waals surface area contributed by atoms with Gasteiger partial charge in [0.25, 0.3) is 0 Å². The largest absolute Gasteiger partial charge is 0.294 e. The van der Waals surface area contributed by atoms with Crippen LogP contribution in [0.3, 0.4) is 0 Å². The highest BCUT2D eigenvalue weighted by atomic mass is 19.1. The van der Waals surface area contributed by atoms with Crippen molar-refractivity contribution < 1.29 is 13.6 Å². The van der Waals surface area contributed by atoms with E-state index in [1.54, 1.807) is 0 Å². The number of hydrogen-bond donors (Lipinski definition) is 0. The number of carbonyl (C=O) groups excluding carboxylic acids is 1. The first-order valence-electron chi connectivity index (χ1n) is 5.60. The van der Waals surface area contributed by atoms with Crippen LogP contribution in [0, 0.1) is 17.0 Å². The molecule has 0 aliphatic heterocycles. The first kappa shape index (κ1) is 12.0. The van der Waals surface area contributed by atoms with E-state index in [-0.39, 0.29) is 16.8 Å². The SMILES string of the molecule is CC1(C)CC/C(=C\c2ccc(F)cc2F)C1=O. The summed E-state index contributed by atoms with van der Waals surface area (Å²) in [5.41, 5.74) is 0.537. The van der Waals surface area contributed by atoms with Crippen LogP contribution in [0.15, 0.2) is 23.8 Å². The van der Waals surface area contributed by atoms with Gasteiger partial charge in [0.05, 0.1) is 0 Å².